The zero-order valence-electron chi connectivity index (χ0n) is 17.8. The normalized spacial score (nSPS) is 11.5. The van der Waals surface area contributed by atoms with Crippen molar-refractivity contribution in [1.82, 2.24) is 14.9 Å². The first-order valence-electron chi connectivity index (χ1n) is 9.58. The molecule has 30 heavy (non-hydrogen) atoms. The zero-order valence-corrected chi connectivity index (χ0v) is 18.6. The van der Waals surface area contributed by atoms with Gasteiger partial charge in [-0.2, -0.15) is 0 Å². The first kappa shape index (κ1) is 23.5. The number of benzene rings is 1. The van der Waals surface area contributed by atoms with Crippen molar-refractivity contribution in [2.75, 3.05) is 0 Å². The molecule has 0 radical (unpaired) electrons. The molecule has 0 saturated heterocycles. The average Bonchev–Trinajstić information content (AvgIpc) is 2.94. The van der Waals surface area contributed by atoms with E-state index in [9.17, 15) is 19.8 Å². The lowest BCUT2D eigenvalue weighted by Gasteiger charge is -2.20. The van der Waals surface area contributed by atoms with Gasteiger partial charge in [-0.05, 0) is 51.0 Å². The number of fused-ring (bicyclic) bond motifs is 1. The number of aromatic hydroxyl groups is 1. The fourth-order valence-electron chi connectivity index (χ4n) is 3.50. The molecule has 2 aromatic heterocycles. The number of aromatic amines is 1. The number of carbonyl (C=O) groups is 1. The summed E-state index contributed by atoms with van der Waals surface area (Å²) in [6.07, 6.45) is 0.381. The second-order valence-electron chi connectivity index (χ2n) is 8.26. The minimum absolute atomic E-state index is 0. The lowest BCUT2D eigenvalue weighted by molar-refractivity contribution is 0.0691. The summed E-state index contributed by atoms with van der Waals surface area (Å²) in [5.74, 6) is -1.92. The van der Waals surface area contributed by atoms with Crippen LogP contribution < -0.4 is 10.9 Å². The summed E-state index contributed by atoms with van der Waals surface area (Å²) in [6.45, 7) is 8.87. The molecule has 4 N–H and O–H groups in total. The van der Waals surface area contributed by atoms with Crippen molar-refractivity contribution in [1.29, 1.82) is 0 Å². The number of H-pyrrole nitrogens is 1. The number of halogens is 1. The highest BCUT2D eigenvalue weighted by atomic mass is 35.5. The molecule has 0 aliphatic carbocycles. The Morgan fingerprint density at radius 2 is 1.90 bits per heavy atom. The SMILES string of the molecule is CCc1c(-c2ccc3c(c2)cc(CNC(C)(C)C)n3C)[nH]c(=O)c(C(=O)O)c1O.Cl. The Labute approximate surface area is 181 Å². The van der Waals surface area contributed by atoms with Crippen molar-refractivity contribution in [3.63, 3.8) is 0 Å². The Morgan fingerprint density at radius 1 is 1.23 bits per heavy atom. The van der Waals surface area contributed by atoms with E-state index in [2.05, 4.69) is 41.7 Å². The molecule has 0 aliphatic heterocycles. The van der Waals surface area contributed by atoms with Gasteiger partial charge in [0.05, 0.1) is 5.69 Å². The molecular formula is C22H28ClN3O4. The number of nitrogens with zero attached hydrogens (tertiary/aromatic N) is 1. The molecule has 0 bridgehead atoms. The predicted octanol–water partition coefficient (Wildman–Crippen LogP) is 3.81. The van der Waals surface area contributed by atoms with Gasteiger partial charge in [0, 0.05) is 41.3 Å². The van der Waals surface area contributed by atoms with Crippen molar-refractivity contribution in [2.24, 2.45) is 7.05 Å². The second kappa shape index (κ2) is 8.53. The van der Waals surface area contributed by atoms with Crippen LogP contribution in [-0.2, 0) is 20.0 Å². The van der Waals surface area contributed by atoms with Crippen LogP contribution in [0.5, 0.6) is 5.75 Å². The molecule has 162 valence electrons. The summed E-state index contributed by atoms with van der Waals surface area (Å²) in [6, 6.07) is 7.87. The Balaban J connectivity index is 0.00000320. The quantitative estimate of drug-likeness (QED) is 0.489. The van der Waals surface area contributed by atoms with Crippen LogP contribution in [0.3, 0.4) is 0 Å². The lowest BCUT2D eigenvalue weighted by Crippen LogP contribution is -2.35. The number of aromatic carboxylic acids is 1. The fourth-order valence-corrected chi connectivity index (χ4v) is 3.50. The van der Waals surface area contributed by atoms with Crippen molar-refractivity contribution in [2.45, 2.75) is 46.2 Å². The van der Waals surface area contributed by atoms with Crippen molar-refractivity contribution >= 4 is 29.3 Å². The van der Waals surface area contributed by atoms with E-state index in [1.165, 1.54) is 0 Å². The van der Waals surface area contributed by atoms with Gasteiger partial charge in [-0.1, -0.05) is 13.0 Å². The number of rotatable bonds is 5. The van der Waals surface area contributed by atoms with E-state index >= 15 is 0 Å². The standard InChI is InChI=1S/C22H27N3O4.ClH/c1-6-15-18(24-20(27)17(19(15)26)21(28)29)12-7-8-16-13(9-12)10-14(25(16)5)11-23-22(2,3)4;/h7-10,23H,6,11H2,1-5H3,(H,28,29)(H2,24,26,27);1H. The molecule has 8 heteroatoms. The maximum atomic E-state index is 12.2. The lowest BCUT2D eigenvalue weighted by atomic mass is 9.99. The fraction of sp³-hybridized carbons (Fsp3) is 0.364. The molecular weight excluding hydrogens is 406 g/mol. The number of aryl methyl sites for hydroxylation is 1. The van der Waals surface area contributed by atoms with Gasteiger partial charge in [0.1, 0.15) is 5.75 Å². The van der Waals surface area contributed by atoms with E-state index in [0.29, 0.717) is 17.7 Å². The van der Waals surface area contributed by atoms with E-state index in [-0.39, 0.29) is 17.9 Å². The number of nitrogens with one attached hydrogen (secondary N) is 2. The third-order valence-electron chi connectivity index (χ3n) is 5.09. The molecule has 0 unspecified atom stereocenters. The third-order valence-corrected chi connectivity index (χ3v) is 5.09. The smallest absolute Gasteiger partial charge is 0.345 e. The van der Waals surface area contributed by atoms with Gasteiger partial charge in [-0.15, -0.1) is 12.4 Å². The molecule has 3 aromatic rings. The highest BCUT2D eigenvalue weighted by Crippen LogP contribution is 2.32. The minimum Gasteiger partial charge on any atom is -0.506 e. The Kier molecular flexibility index (Phi) is 6.69. The summed E-state index contributed by atoms with van der Waals surface area (Å²) in [4.78, 5) is 26.2. The maximum absolute atomic E-state index is 12.2. The highest BCUT2D eigenvalue weighted by Gasteiger charge is 2.22. The van der Waals surface area contributed by atoms with Crippen LogP contribution in [-0.4, -0.2) is 31.3 Å². The van der Waals surface area contributed by atoms with Gasteiger partial charge in [-0.25, -0.2) is 4.79 Å². The number of carboxylic acid groups (broad SMARTS) is 1. The molecule has 0 spiro atoms. The van der Waals surface area contributed by atoms with Crippen molar-refractivity contribution in [3.8, 4) is 17.0 Å². The van der Waals surface area contributed by atoms with Gasteiger partial charge in [0.15, 0.2) is 5.56 Å². The van der Waals surface area contributed by atoms with E-state index in [0.717, 1.165) is 28.7 Å². The Bertz CT molecular complexity index is 1160. The third kappa shape index (κ3) is 4.37. The average molecular weight is 434 g/mol. The molecule has 2 heterocycles. The summed E-state index contributed by atoms with van der Waals surface area (Å²) in [7, 11) is 2.01. The number of pyridine rings is 1. The molecule has 3 rings (SSSR count). The number of hydrogen-bond donors (Lipinski definition) is 4. The summed E-state index contributed by atoms with van der Waals surface area (Å²) >= 11 is 0. The largest absolute Gasteiger partial charge is 0.506 e. The van der Waals surface area contributed by atoms with Crippen molar-refractivity contribution in [3.05, 3.63) is 51.4 Å². The van der Waals surface area contributed by atoms with Gasteiger partial charge in [-0.3, -0.25) is 4.79 Å². The Hall–Kier alpha value is -2.77. The van der Waals surface area contributed by atoms with Crippen LogP contribution in [0.1, 0.15) is 49.3 Å². The minimum atomic E-state index is -1.44. The molecule has 7 nitrogen and oxygen atoms in total. The summed E-state index contributed by atoms with van der Waals surface area (Å²) < 4.78 is 2.12. The van der Waals surface area contributed by atoms with Crippen LogP contribution in [0.15, 0.2) is 29.1 Å². The topological polar surface area (TPSA) is 107 Å². The summed E-state index contributed by atoms with van der Waals surface area (Å²) in [5, 5.41) is 24.1. The number of carboxylic acids is 1. The highest BCUT2D eigenvalue weighted by molar-refractivity contribution is 5.92. The first-order chi connectivity index (χ1) is 13.5. The van der Waals surface area contributed by atoms with Crippen LogP contribution in [0.4, 0.5) is 0 Å². The van der Waals surface area contributed by atoms with Crippen molar-refractivity contribution < 1.29 is 15.0 Å². The van der Waals surface area contributed by atoms with Crippen LogP contribution in [0, 0.1) is 0 Å². The second-order valence-corrected chi connectivity index (χ2v) is 8.26. The monoisotopic (exact) mass is 433 g/mol. The molecule has 0 atom stereocenters. The van der Waals surface area contributed by atoms with E-state index in [1.54, 1.807) is 6.92 Å². The van der Waals surface area contributed by atoms with Gasteiger partial charge in [0.25, 0.3) is 5.56 Å². The van der Waals surface area contributed by atoms with Gasteiger partial charge in [0.2, 0.25) is 0 Å². The molecule has 0 aliphatic rings. The van der Waals surface area contributed by atoms with Gasteiger partial charge >= 0.3 is 5.97 Å². The van der Waals surface area contributed by atoms with E-state index in [4.69, 9.17) is 0 Å². The molecule has 1 aromatic carbocycles. The van der Waals surface area contributed by atoms with E-state index in [1.807, 2.05) is 25.2 Å². The molecule has 0 amide bonds. The maximum Gasteiger partial charge on any atom is 0.345 e. The zero-order chi connectivity index (χ0) is 21.5. The number of hydrogen-bond acceptors (Lipinski definition) is 4. The number of aromatic nitrogens is 2. The predicted molar refractivity (Wildman–Crippen MR) is 121 cm³/mol. The van der Waals surface area contributed by atoms with Crippen LogP contribution in [0.25, 0.3) is 22.2 Å². The van der Waals surface area contributed by atoms with E-state index < -0.39 is 22.8 Å². The summed E-state index contributed by atoms with van der Waals surface area (Å²) in [5.41, 5.74) is 2.31. The first-order valence-corrected chi connectivity index (χ1v) is 9.58. The molecule has 0 saturated carbocycles. The molecule has 0 fully saturated rings. The van der Waals surface area contributed by atoms with Crippen LogP contribution >= 0.6 is 12.4 Å². The Morgan fingerprint density at radius 3 is 2.47 bits per heavy atom. The van der Waals surface area contributed by atoms with Gasteiger partial charge < -0.3 is 25.1 Å². The van der Waals surface area contributed by atoms with Crippen LogP contribution in [0.2, 0.25) is 0 Å².